The number of aromatic amines is 1. The Kier molecular flexibility index (Phi) is 4.14. The third-order valence-electron chi connectivity index (χ3n) is 4.94. The maximum Gasteiger partial charge on any atom is 0.261 e. The molecule has 0 aliphatic carbocycles. The van der Waals surface area contributed by atoms with Gasteiger partial charge >= 0.3 is 0 Å². The number of nitrogen functional groups attached to an aromatic ring is 1. The summed E-state index contributed by atoms with van der Waals surface area (Å²) >= 11 is 0. The van der Waals surface area contributed by atoms with Crippen molar-refractivity contribution in [2.24, 2.45) is 0 Å². The number of hydrogen-bond acceptors (Lipinski definition) is 5. The Morgan fingerprint density at radius 3 is 2.53 bits per heavy atom. The molecule has 2 heterocycles. The van der Waals surface area contributed by atoms with Gasteiger partial charge in [0.15, 0.2) is 11.5 Å². The van der Waals surface area contributed by atoms with Gasteiger partial charge in [-0.05, 0) is 30.3 Å². The van der Waals surface area contributed by atoms with Crippen molar-refractivity contribution in [3.8, 4) is 22.9 Å². The molecule has 0 radical (unpaired) electrons. The second kappa shape index (κ2) is 6.97. The van der Waals surface area contributed by atoms with Crippen molar-refractivity contribution in [2.75, 3.05) is 12.8 Å². The lowest BCUT2D eigenvalue weighted by atomic mass is 10.1. The molecule has 5 aromatic rings. The standard InChI is InChI=1S/C23H18N4O3/c1-29-19-13-14(11-12-18(19)30-15-7-3-2-4-8-15)27-22(24)20-21(26-27)16-9-5-6-10-17(16)25-23(20)28/h2-13H,24H2,1H3,(H,25,28). The van der Waals surface area contributed by atoms with Crippen LogP contribution in [0, 0.1) is 0 Å². The van der Waals surface area contributed by atoms with Gasteiger partial charge in [0.05, 0.1) is 18.3 Å². The van der Waals surface area contributed by atoms with E-state index < -0.39 is 0 Å². The third-order valence-corrected chi connectivity index (χ3v) is 4.94. The lowest BCUT2D eigenvalue weighted by molar-refractivity contribution is 0.378. The molecule has 3 N–H and O–H groups in total. The predicted octanol–water partition coefficient (Wildman–Crippen LogP) is 4.25. The molecule has 7 nitrogen and oxygen atoms in total. The van der Waals surface area contributed by atoms with Gasteiger partial charge in [-0.25, -0.2) is 4.68 Å². The number of aromatic nitrogens is 3. The summed E-state index contributed by atoms with van der Waals surface area (Å²) in [5.74, 6) is 2.04. The van der Waals surface area contributed by atoms with Crippen molar-refractivity contribution in [1.29, 1.82) is 0 Å². The Morgan fingerprint density at radius 2 is 1.73 bits per heavy atom. The highest BCUT2D eigenvalue weighted by atomic mass is 16.5. The second-order valence-electron chi connectivity index (χ2n) is 6.77. The number of anilines is 1. The number of rotatable bonds is 4. The quantitative estimate of drug-likeness (QED) is 0.472. The number of H-pyrrole nitrogens is 1. The molecule has 148 valence electrons. The monoisotopic (exact) mass is 398 g/mol. The summed E-state index contributed by atoms with van der Waals surface area (Å²) in [6.07, 6.45) is 0. The van der Waals surface area contributed by atoms with Crippen LogP contribution < -0.4 is 20.8 Å². The van der Waals surface area contributed by atoms with Crippen molar-refractivity contribution in [1.82, 2.24) is 14.8 Å². The van der Waals surface area contributed by atoms with Crippen LogP contribution in [0.15, 0.2) is 77.6 Å². The number of hydrogen-bond donors (Lipinski definition) is 2. The minimum atomic E-state index is -0.275. The first-order chi connectivity index (χ1) is 14.7. The van der Waals surface area contributed by atoms with Crippen LogP contribution in [0.2, 0.25) is 0 Å². The topological polar surface area (TPSA) is 95.2 Å². The molecule has 0 atom stereocenters. The third kappa shape index (κ3) is 2.84. The summed E-state index contributed by atoms with van der Waals surface area (Å²) in [6.45, 7) is 0. The Balaban J connectivity index is 1.65. The summed E-state index contributed by atoms with van der Waals surface area (Å²) in [4.78, 5) is 15.5. The zero-order chi connectivity index (χ0) is 20.7. The summed E-state index contributed by atoms with van der Waals surface area (Å²) in [5, 5.41) is 5.82. The minimum absolute atomic E-state index is 0.260. The summed E-state index contributed by atoms with van der Waals surface area (Å²) in [7, 11) is 1.57. The van der Waals surface area contributed by atoms with Crippen LogP contribution in [0.1, 0.15) is 0 Å². The second-order valence-corrected chi connectivity index (χ2v) is 6.77. The van der Waals surface area contributed by atoms with E-state index in [9.17, 15) is 4.79 Å². The minimum Gasteiger partial charge on any atom is -0.493 e. The van der Waals surface area contributed by atoms with Gasteiger partial charge in [0.25, 0.3) is 5.56 Å². The number of nitrogens with zero attached hydrogens (tertiary/aromatic N) is 2. The molecule has 3 aromatic carbocycles. The van der Waals surface area contributed by atoms with E-state index in [0.717, 1.165) is 5.39 Å². The highest BCUT2D eigenvalue weighted by Gasteiger charge is 2.17. The van der Waals surface area contributed by atoms with Crippen LogP contribution in [0.25, 0.3) is 27.5 Å². The Hall–Kier alpha value is -4.26. The Bertz CT molecular complexity index is 1440. The van der Waals surface area contributed by atoms with Crippen molar-refractivity contribution in [3.63, 3.8) is 0 Å². The smallest absolute Gasteiger partial charge is 0.261 e. The molecule has 30 heavy (non-hydrogen) atoms. The molecule has 0 amide bonds. The fraction of sp³-hybridized carbons (Fsp3) is 0.0435. The zero-order valence-electron chi connectivity index (χ0n) is 16.1. The number of para-hydroxylation sites is 2. The fourth-order valence-corrected chi connectivity index (χ4v) is 3.51. The van der Waals surface area contributed by atoms with Gasteiger partial charge in [0, 0.05) is 11.5 Å². The molecule has 7 heteroatoms. The van der Waals surface area contributed by atoms with Crippen LogP contribution in [0.5, 0.6) is 17.2 Å². The maximum atomic E-state index is 12.6. The van der Waals surface area contributed by atoms with Crippen LogP contribution in [0.4, 0.5) is 5.82 Å². The van der Waals surface area contributed by atoms with Crippen LogP contribution in [-0.4, -0.2) is 21.9 Å². The molecule has 0 aliphatic rings. The van der Waals surface area contributed by atoms with Crippen molar-refractivity contribution in [2.45, 2.75) is 0 Å². The average molecular weight is 398 g/mol. The van der Waals surface area contributed by atoms with Crippen LogP contribution in [-0.2, 0) is 0 Å². The molecule has 0 bridgehead atoms. The summed E-state index contributed by atoms with van der Waals surface area (Å²) in [6, 6.07) is 22.3. The number of methoxy groups -OCH3 is 1. The van der Waals surface area contributed by atoms with Gasteiger partial charge < -0.3 is 20.2 Å². The van der Waals surface area contributed by atoms with Gasteiger partial charge in [-0.2, -0.15) is 5.10 Å². The van der Waals surface area contributed by atoms with E-state index in [1.807, 2.05) is 60.7 Å². The number of ether oxygens (including phenoxy) is 2. The molecule has 0 unspecified atom stereocenters. The Labute approximate surface area is 171 Å². The number of pyridine rings is 1. The molecule has 0 spiro atoms. The van der Waals surface area contributed by atoms with Gasteiger partial charge in [-0.15, -0.1) is 0 Å². The van der Waals surface area contributed by atoms with Crippen LogP contribution >= 0.6 is 0 Å². The number of nitrogens with two attached hydrogens (primary N) is 1. The van der Waals surface area contributed by atoms with Crippen molar-refractivity contribution in [3.05, 3.63) is 83.2 Å². The first kappa shape index (κ1) is 17.8. The van der Waals surface area contributed by atoms with E-state index in [-0.39, 0.29) is 11.4 Å². The molecule has 5 rings (SSSR count). The highest BCUT2D eigenvalue weighted by Crippen LogP contribution is 2.34. The summed E-state index contributed by atoms with van der Waals surface area (Å²) < 4.78 is 13.0. The van der Waals surface area contributed by atoms with Crippen molar-refractivity contribution >= 4 is 27.6 Å². The van der Waals surface area contributed by atoms with Gasteiger partial charge in [0.1, 0.15) is 22.5 Å². The van der Waals surface area contributed by atoms with Gasteiger partial charge in [0.2, 0.25) is 0 Å². The van der Waals surface area contributed by atoms with Gasteiger partial charge in [-0.3, -0.25) is 4.79 Å². The highest BCUT2D eigenvalue weighted by molar-refractivity contribution is 6.06. The fourth-order valence-electron chi connectivity index (χ4n) is 3.51. The van der Waals surface area contributed by atoms with Crippen molar-refractivity contribution < 1.29 is 9.47 Å². The molecular weight excluding hydrogens is 380 g/mol. The number of nitrogens with one attached hydrogen (secondary N) is 1. The first-order valence-electron chi connectivity index (χ1n) is 9.36. The van der Waals surface area contributed by atoms with E-state index in [1.54, 1.807) is 23.9 Å². The lowest BCUT2D eigenvalue weighted by Crippen LogP contribution is -2.08. The normalized spacial score (nSPS) is 11.1. The zero-order valence-corrected chi connectivity index (χ0v) is 16.1. The van der Waals surface area contributed by atoms with E-state index in [2.05, 4.69) is 10.1 Å². The largest absolute Gasteiger partial charge is 0.493 e. The molecule has 2 aromatic heterocycles. The molecule has 0 saturated carbocycles. The molecule has 0 fully saturated rings. The van der Waals surface area contributed by atoms with Gasteiger partial charge in [-0.1, -0.05) is 36.4 Å². The number of fused-ring (bicyclic) bond motifs is 3. The molecular formula is C23H18N4O3. The Morgan fingerprint density at radius 1 is 0.967 bits per heavy atom. The SMILES string of the molecule is COc1cc(-n2nc3c(c2N)c(=O)[nH]c2ccccc23)ccc1Oc1ccccc1. The summed E-state index contributed by atoms with van der Waals surface area (Å²) in [5.41, 5.74) is 7.97. The predicted molar refractivity (Wildman–Crippen MR) is 117 cm³/mol. The number of benzene rings is 3. The maximum absolute atomic E-state index is 12.6. The van der Waals surface area contributed by atoms with E-state index in [1.165, 1.54) is 0 Å². The van der Waals surface area contributed by atoms with Crippen LogP contribution in [0.3, 0.4) is 0 Å². The first-order valence-corrected chi connectivity index (χ1v) is 9.36. The van der Waals surface area contributed by atoms with E-state index in [4.69, 9.17) is 15.2 Å². The van der Waals surface area contributed by atoms with E-state index >= 15 is 0 Å². The van der Waals surface area contributed by atoms with E-state index in [0.29, 0.717) is 39.4 Å². The average Bonchev–Trinajstić information content (AvgIpc) is 3.13. The lowest BCUT2D eigenvalue weighted by Gasteiger charge is -2.12. The molecule has 0 aliphatic heterocycles. The molecule has 0 saturated heterocycles.